The van der Waals surface area contributed by atoms with Crippen LogP contribution < -0.4 is 9.88 Å². The lowest BCUT2D eigenvalue weighted by molar-refractivity contribution is 0.305. The molecule has 0 aliphatic carbocycles. The summed E-state index contributed by atoms with van der Waals surface area (Å²) >= 11 is 17.6. The molecular weight excluding hydrogens is 345 g/mol. The minimum Gasteiger partial charge on any atom is -0.492 e. The Bertz CT molecular complexity index is 549. The predicted molar refractivity (Wildman–Crippen MR) is 83.4 cm³/mol. The number of benzene rings is 1. The van der Waals surface area contributed by atoms with E-state index in [4.69, 9.17) is 44.7 Å². The molecule has 0 aliphatic heterocycles. The molecule has 4 nitrogen and oxygen atoms in total. The van der Waals surface area contributed by atoms with E-state index in [2.05, 4.69) is 0 Å². The maximum absolute atomic E-state index is 10.7. The number of ether oxygens (including phenoxy) is 1. The molecule has 0 aliphatic rings. The van der Waals surface area contributed by atoms with Gasteiger partial charge in [-0.05, 0) is 18.9 Å². The Labute approximate surface area is 134 Å². The Kier molecular flexibility index (Phi) is 7.40. The molecule has 0 heterocycles. The molecule has 0 saturated carbocycles. The van der Waals surface area contributed by atoms with E-state index >= 15 is 0 Å². The maximum Gasteiger partial charge on any atom is 0.209 e. The highest BCUT2D eigenvalue weighted by Gasteiger charge is 2.07. The Morgan fingerprint density at radius 2 is 1.55 bits per heavy atom. The lowest BCUT2D eigenvalue weighted by atomic mass is 10.2. The second-order valence-electron chi connectivity index (χ2n) is 4.33. The molecule has 0 bridgehead atoms. The minimum atomic E-state index is -3.35. The summed E-state index contributed by atoms with van der Waals surface area (Å²) in [6.45, 7) is 0.479. The van der Waals surface area contributed by atoms with Crippen LogP contribution in [0.2, 0.25) is 15.1 Å². The van der Waals surface area contributed by atoms with Gasteiger partial charge in [-0.2, -0.15) is 0 Å². The summed E-state index contributed by atoms with van der Waals surface area (Å²) in [5.41, 5.74) is 0. The number of hydrogen-bond acceptors (Lipinski definition) is 3. The molecule has 0 amide bonds. The van der Waals surface area contributed by atoms with Gasteiger partial charge in [-0.3, -0.25) is 0 Å². The van der Waals surface area contributed by atoms with Gasteiger partial charge in [0.1, 0.15) is 5.75 Å². The third-order valence-corrected chi connectivity index (χ3v) is 4.43. The van der Waals surface area contributed by atoms with Crippen LogP contribution in [-0.4, -0.2) is 20.8 Å². The second kappa shape index (κ2) is 8.29. The van der Waals surface area contributed by atoms with Crippen LogP contribution in [0.1, 0.15) is 25.7 Å². The summed E-state index contributed by atoms with van der Waals surface area (Å²) in [5.74, 6) is 0.512. The number of nitrogens with two attached hydrogens (primary N) is 1. The Hall–Kier alpha value is -0.200. The van der Waals surface area contributed by atoms with Crippen LogP contribution >= 0.6 is 34.8 Å². The zero-order valence-corrected chi connectivity index (χ0v) is 13.8. The van der Waals surface area contributed by atoms with E-state index in [1.54, 1.807) is 6.07 Å². The third-order valence-electron chi connectivity index (χ3n) is 2.56. The summed E-state index contributed by atoms with van der Waals surface area (Å²) in [6, 6.07) is 3.11. The minimum absolute atomic E-state index is 0.0203. The van der Waals surface area contributed by atoms with Crippen molar-refractivity contribution in [3.63, 3.8) is 0 Å². The normalized spacial score (nSPS) is 11.6. The molecule has 1 aromatic carbocycles. The summed E-state index contributed by atoms with van der Waals surface area (Å²) in [4.78, 5) is 0. The van der Waals surface area contributed by atoms with Crippen molar-refractivity contribution in [2.24, 2.45) is 5.14 Å². The van der Waals surface area contributed by atoms with Gasteiger partial charge >= 0.3 is 0 Å². The van der Waals surface area contributed by atoms with Gasteiger partial charge in [-0.15, -0.1) is 0 Å². The molecular formula is C12H16Cl3NO3S. The molecule has 0 fully saturated rings. The van der Waals surface area contributed by atoms with Crippen molar-refractivity contribution in [1.82, 2.24) is 0 Å². The first-order valence-corrected chi connectivity index (χ1v) is 8.92. The number of hydrogen-bond donors (Lipinski definition) is 1. The van der Waals surface area contributed by atoms with Crippen molar-refractivity contribution in [2.45, 2.75) is 25.7 Å². The number of rotatable bonds is 8. The molecule has 0 atom stereocenters. The van der Waals surface area contributed by atoms with Crippen LogP contribution in [0.4, 0.5) is 0 Å². The van der Waals surface area contributed by atoms with Crippen LogP contribution in [0.5, 0.6) is 5.75 Å². The number of sulfonamides is 1. The van der Waals surface area contributed by atoms with E-state index < -0.39 is 10.0 Å². The van der Waals surface area contributed by atoms with Gasteiger partial charge in [0, 0.05) is 6.07 Å². The number of halogens is 3. The second-order valence-corrected chi connectivity index (χ2v) is 7.28. The third kappa shape index (κ3) is 6.99. The van der Waals surface area contributed by atoms with Crippen molar-refractivity contribution in [3.8, 4) is 5.75 Å². The summed E-state index contributed by atoms with van der Waals surface area (Å²) in [5, 5.41) is 6.09. The fourth-order valence-corrected chi connectivity index (χ4v) is 2.75. The fraction of sp³-hybridized carbons (Fsp3) is 0.500. The molecule has 2 N–H and O–H groups in total. The molecule has 8 heteroatoms. The van der Waals surface area contributed by atoms with E-state index in [9.17, 15) is 8.42 Å². The smallest absolute Gasteiger partial charge is 0.209 e. The van der Waals surface area contributed by atoms with Gasteiger partial charge in [0.15, 0.2) is 0 Å². The van der Waals surface area contributed by atoms with Gasteiger partial charge in [0.2, 0.25) is 10.0 Å². The lowest BCUT2D eigenvalue weighted by Crippen LogP contribution is -2.16. The van der Waals surface area contributed by atoms with Gasteiger partial charge in [-0.1, -0.05) is 47.6 Å². The number of primary sulfonamides is 1. The maximum atomic E-state index is 10.7. The molecule has 0 spiro atoms. The molecule has 0 aromatic heterocycles. The lowest BCUT2D eigenvalue weighted by Gasteiger charge is -2.09. The van der Waals surface area contributed by atoms with Crippen LogP contribution in [-0.2, 0) is 10.0 Å². The monoisotopic (exact) mass is 359 g/mol. The topological polar surface area (TPSA) is 69.4 Å². The first kappa shape index (κ1) is 17.9. The number of unbranched alkanes of at least 4 members (excludes halogenated alkanes) is 3. The standard InChI is InChI=1S/C12H16Cl3NO3S/c13-9-7-11(15)12(8-10(9)14)19-5-3-1-2-4-6-20(16,17)18/h7-8H,1-6H2,(H2,16,17,18). The van der Waals surface area contributed by atoms with Crippen LogP contribution in [0.15, 0.2) is 12.1 Å². The van der Waals surface area contributed by atoms with E-state index in [0.29, 0.717) is 33.8 Å². The highest BCUT2D eigenvalue weighted by molar-refractivity contribution is 7.89. The Morgan fingerprint density at radius 3 is 2.20 bits per heavy atom. The predicted octanol–water partition coefficient (Wildman–Crippen LogP) is 3.87. The fourth-order valence-electron chi connectivity index (χ4n) is 1.56. The van der Waals surface area contributed by atoms with Gasteiger partial charge in [-0.25, -0.2) is 13.6 Å². The van der Waals surface area contributed by atoms with E-state index in [1.807, 2.05) is 0 Å². The van der Waals surface area contributed by atoms with Gasteiger partial charge in [0.25, 0.3) is 0 Å². The SMILES string of the molecule is NS(=O)(=O)CCCCCCOc1cc(Cl)c(Cl)cc1Cl. The molecule has 0 radical (unpaired) electrons. The molecule has 114 valence electrons. The van der Waals surface area contributed by atoms with Crippen molar-refractivity contribution in [1.29, 1.82) is 0 Å². The van der Waals surface area contributed by atoms with Crippen LogP contribution in [0.3, 0.4) is 0 Å². The first-order chi connectivity index (χ1) is 9.29. The average Bonchev–Trinajstić information content (AvgIpc) is 2.32. The van der Waals surface area contributed by atoms with Crippen molar-refractivity contribution < 1.29 is 13.2 Å². The molecule has 1 rings (SSSR count). The summed E-state index contributed by atoms with van der Waals surface area (Å²) in [7, 11) is -3.35. The summed E-state index contributed by atoms with van der Waals surface area (Å²) < 4.78 is 26.9. The summed E-state index contributed by atoms with van der Waals surface area (Å²) in [6.07, 6.45) is 3.00. The molecule has 0 unspecified atom stereocenters. The zero-order chi connectivity index (χ0) is 15.2. The van der Waals surface area contributed by atoms with E-state index in [0.717, 1.165) is 19.3 Å². The van der Waals surface area contributed by atoms with Crippen molar-refractivity contribution in [2.75, 3.05) is 12.4 Å². The molecule has 20 heavy (non-hydrogen) atoms. The van der Waals surface area contributed by atoms with Crippen LogP contribution in [0.25, 0.3) is 0 Å². The van der Waals surface area contributed by atoms with Gasteiger partial charge < -0.3 is 4.74 Å². The van der Waals surface area contributed by atoms with Crippen LogP contribution in [0, 0.1) is 0 Å². The quantitative estimate of drug-likeness (QED) is 0.565. The molecule has 0 saturated heterocycles. The average molecular weight is 361 g/mol. The van der Waals surface area contributed by atoms with E-state index in [-0.39, 0.29) is 5.75 Å². The van der Waals surface area contributed by atoms with E-state index in [1.165, 1.54) is 6.07 Å². The first-order valence-electron chi connectivity index (χ1n) is 6.07. The largest absolute Gasteiger partial charge is 0.492 e. The highest BCUT2D eigenvalue weighted by Crippen LogP contribution is 2.33. The molecule has 1 aromatic rings. The zero-order valence-electron chi connectivity index (χ0n) is 10.7. The Balaban J connectivity index is 2.23. The Morgan fingerprint density at radius 1 is 0.950 bits per heavy atom. The highest BCUT2D eigenvalue weighted by atomic mass is 35.5. The van der Waals surface area contributed by atoms with Crippen molar-refractivity contribution in [3.05, 3.63) is 27.2 Å². The van der Waals surface area contributed by atoms with Gasteiger partial charge in [0.05, 0.1) is 27.4 Å². The van der Waals surface area contributed by atoms with Crippen molar-refractivity contribution >= 4 is 44.8 Å².